The summed E-state index contributed by atoms with van der Waals surface area (Å²) in [5, 5.41) is 7.67. The first-order valence-corrected chi connectivity index (χ1v) is 5.69. The maximum Gasteiger partial charge on any atom is 0.315 e. The van der Waals surface area contributed by atoms with Crippen molar-refractivity contribution in [2.45, 2.75) is 26.3 Å². The van der Waals surface area contributed by atoms with Crippen LogP contribution in [0.1, 0.15) is 31.2 Å². The molecule has 1 aromatic heterocycles. The zero-order valence-corrected chi connectivity index (χ0v) is 9.36. The Morgan fingerprint density at radius 3 is 3.00 bits per heavy atom. The number of hydrogen-bond donors (Lipinski definition) is 2. The van der Waals surface area contributed by atoms with Gasteiger partial charge >= 0.3 is 6.03 Å². The van der Waals surface area contributed by atoms with Crippen LogP contribution in [-0.4, -0.2) is 12.6 Å². The summed E-state index contributed by atoms with van der Waals surface area (Å²) < 4.78 is 0. The highest BCUT2D eigenvalue weighted by Crippen LogP contribution is 2.17. The molecule has 0 fully saturated rings. The summed E-state index contributed by atoms with van der Waals surface area (Å²) in [6, 6.07) is 4.01. The lowest BCUT2D eigenvalue weighted by molar-refractivity contribution is 0.238. The number of carbonyl (C=O) groups is 1. The van der Waals surface area contributed by atoms with Crippen molar-refractivity contribution in [3.8, 4) is 0 Å². The van der Waals surface area contributed by atoms with E-state index >= 15 is 0 Å². The first-order chi connectivity index (χ1) is 6.74. The van der Waals surface area contributed by atoms with E-state index < -0.39 is 0 Å². The van der Waals surface area contributed by atoms with E-state index in [1.165, 1.54) is 4.88 Å². The molecule has 1 aromatic rings. The van der Waals surface area contributed by atoms with Gasteiger partial charge in [0.2, 0.25) is 0 Å². The van der Waals surface area contributed by atoms with Gasteiger partial charge in [-0.05, 0) is 24.8 Å². The van der Waals surface area contributed by atoms with Crippen LogP contribution in [0.5, 0.6) is 0 Å². The SMILES string of the molecule is CCCNC(=O)N[C@@H](C)c1cccs1. The Morgan fingerprint density at radius 2 is 2.43 bits per heavy atom. The van der Waals surface area contributed by atoms with Crippen LogP contribution in [0.3, 0.4) is 0 Å². The third kappa shape index (κ3) is 3.38. The lowest BCUT2D eigenvalue weighted by atomic mass is 10.3. The smallest absolute Gasteiger partial charge is 0.315 e. The fraction of sp³-hybridized carbons (Fsp3) is 0.500. The average Bonchev–Trinajstić information content (AvgIpc) is 2.67. The first kappa shape index (κ1) is 11.0. The van der Waals surface area contributed by atoms with Crippen molar-refractivity contribution in [3.63, 3.8) is 0 Å². The Labute approximate surface area is 88.5 Å². The summed E-state index contributed by atoms with van der Waals surface area (Å²) in [6.07, 6.45) is 0.959. The van der Waals surface area contributed by atoms with Crippen molar-refractivity contribution in [2.24, 2.45) is 0 Å². The number of thiophene rings is 1. The average molecular weight is 212 g/mol. The van der Waals surface area contributed by atoms with Gasteiger partial charge in [-0.1, -0.05) is 13.0 Å². The number of urea groups is 1. The van der Waals surface area contributed by atoms with Crippen LogP contribution in [0.15, 0.2) is 17.5 Å². The molecule has 78 valence electrons. The molecule has 1 atom stereocenters. The highest BCUT2D eigenvalue weighted by atomic mass is 32.1. The summed E-state index contributed by atoms with van der Waals surface area (Å²) >= 11 is 1.65. The molecule has 0 unspecified atom stereocenters. The van der Waals surface area contributed by atoms with Gasteiger partial charge in [0.25, 0.3) is 0 Å². The van der Waals surface area contributed by atoms with Gasteiger partial charge in [0.15, 0.2) is 0 Å². The molecule has 2 N–H and O–H groups in total. The van der Waals surface area contributed by atoms with E-state index in [2.05, 4.69) is 10.6 Å². The molecule has 0 aromatic carbocycles. The van der Waals surface area contributed by atoms with Gasteiger partial charge in [-0.15, -0.1) is 11.3 Å². The number of amides is 2. The lowest BCUT2D eigenvalue weighted by Gasteiger charge is -2.12. The van der Waals surface area contributed by atoms with Gasteiger partial charge in [-0.2, -0.15) is 0 Å². The van der Waals surface area contributed by atoms with Crippen molar-refractivity contribution in [1.29, 1.82) is 0 Å². The molecule has 1 heterocycles. The topological polar surface area (TPSA) is 41.1 Å². The fourth-order valence-electron chi connectivity index (χ4n) is 1.09. The van der Waals surface area contributed by atoms with Crippen molar-refractivity contribution in [3.05, 3.63) is 22.4 Å². The molecule has 1 rings (SSSR count). The third-order valence-electron chi connectivity index (χ3n) is 1.85. The van der Waals surface area contributed by atoms with E-state index in [1.807, 2.05) is 31.4 Å². The molecule has 0 aliphatic heterocycles. The monoisotopic (exact) mass is 212 g/mol. The second-order valence-corrected chi connectivity index (χ2v) is 4.12. The largest absolute Gasteiger partial charge is 0.338 e. The zero-order chi connectivity index (χ0) is 10.4. The second-order valence-electron chi connectivity index (χ2n) is 3.14. The Bertz CT molecular complexity index is 272. The summed E-state index contributed by atoms with van der Waals surface area (Å²) in [4.78, 5) is 12.5. The van der Waals surface area contributed by atoms with Crippen molar-refractivity contribution in [2.75, 3.05) is 6.54 Å². The highest BCUT2D eigenvalue weighted by molar-refractivity contribution is 7.10. The number of hydrogen-bond acceptors (Lipinski definition) is 2. The van der Waals surface area contributed by atoms with Crippen LogP contribution in [0.25, 0.3) is 0 Å². The maximum absolute atomic E-state index is 11.3. The van der Waals surface area contributed by atoms with Crippen LogP contribution in [0.4, 0.5) is 4.79 Å². The molecular formula is C10H16N2OS. The third-order valence-corrected chi connectivity index (χ3v) is 2.91. The minimum atomic E-state index is -0.0900. The lowest BCUT2D eigenvalue weighted by Crippen LogP contribution is -2.37. The van der Waals surface area contributed by atoms with Gasteiger partial charge in [-0.25, -0.2) is 4.79 Å². The van der Waals surface area contributed by atoms with E-state index in [0.717, 1.165) is 13.0 Å². The Hall–Kier alpha value is -1.03. The maximum atomic E-state index is 11.3. The molecule has 0 radical (unpaired) electrons. The molecule has 4 heteroatoms. The molecule has 0 saturated heterocycles. The van der Waals surface area contributed by atoms with Gasteiger partial charge in [-0.3, -0.25) is 0 Å². The minimum Gasteiger partial charge on any atom is -0.338 e. The van der Waals surface area contributed by atoms with Gasteiger partial charge in [0.05, 0.1) is 6.04 Å². The molecule has 0 saturated carbocycles. The molecule has 0 aliphatic carbocycles. The van der Waals surface area contributed by atoms with E-state index in [4.69, 9.17) is 0 Å². The van der Waals surface area contributed by atoms with E-state index in [-0.39, 0.29) is 12.1 Å². The molecule has 0 aliphatic rings. The van der Waals surface area contributed by atoms with Crippen LogP contribution >= 0.6 is 11.3 Å². The molecular weight excluding hydrogens is 196 g/mol. The van der Waals surface area contributed by atoms with Crippen LogP contribution in [0, 0.1) is 0 Å². The second kappa shape index (κ2) is 5.65. The van der Waals surface area contributed by atoms with Crippen molar-refractivity contribution in [1.82, 2.24) is 10.6 Å². The van der Waals surface area contributed by atoms with Crippen molar-refractivity contribution >= 4 is 17.4 Å². The van der Waals surface area contributed by atoms with E-state index in [9.17, 15) is 4.79 Å². The van der Waals surface area contributed by atoms with Crippen LogP contribution < -0.4 is 10.6 Å². The molecule has 0 spiro atoms. The predicted octanol–water partition coefficient (Wildman–Crippen LogP) is 2.52. The Balaban J connectivity index is 2.33. The Kier molecular flexibility index (Phi) is 4.46. The number of rotatable bonds is 4. The number of carbonyl (C=O) groups excluding carboxylic acids is 1. The minimum absolute atomic E-state index is 0.0897. The molecule has 14 heavy (non-hydrogen) atoms. The standard InChI is InChI=1S/C10H16N2OS/c1-3-6-11-10(13)12-8(2)9-5-4-7-14-9/h4-5,7-8H,3,6H2,1-2H3,(H2,11,12,13)/t8-/m0/s1. The van der Waals surface area contributed by atoms with Gasteiger partial charge in [0, 0.05) is 11.4 Å². The normalized spacial score (nSPS) is 12.1. The van der Waals surface area contributed by atoms with E-state index in [1.54, 1.807) is 11.3 Å². The van der Waals surface area contributed by atoms with Gasteiger partial charge in [0.1, 0.15) is 0 Å². The summed E-state index contributed by atoms with van der Waals surface area (Å²) in [5.74, 6) is 0. The highest BCUT2D eigenvalue weighted by Gasteiger charge is 2.08. The van der Waals surface area contributed by atoms with Crippen molar-refractivity contribution < 1.29 is 4.79 Å². The molecule has 2 amide bonds. The zero-order valence-electron chi connectivity index (χ0n) is 8.54. The Morgan fingerprint density at radius 1 is 1.64 bits per heavy atom. The molecule has 3 nitrogen and oxygen atoms in total. The molecule has 0 bridgehead atoms. The predicted molar refractivity (Wildman–Crippen MR) is 59.6 cm³/mol. The van der Waals surface area contributed by atoms with Gasteiger partial charge < -0.3 is 10.6 Å². The first-order valence-electron chi connectivity index (χ1n) is 4.81. The van der Waals surface area contributed by atoms with E-state index in [0.29, 0.717) is 0 Å². The summed E-state index contributed by atoms with van der Waals surface area (Å²) in [6.45, 7) is 4.74. The summed E-state index contributed by atoms with van der Waals surface area (Å²) in [5.41, 5.74) is 0. The fourth-order valence-corrected chi connectivity index (χ4v) is 1.83. The number of nitrogens with one attached hydrogen (secondary N) is 2. The van der Waals surface area contributed by atoms with Crippen LogP contribution in [-0.2, 0) is 0 Å². The summed E-state index contributed by atoms with van der Waals surface area (Å²) in [7, 11) is 0. The quantitative estimate of drug-likeness (QED) is 0.791. The van der Waals surface area contributed by atoms with Crippen LogP contribution in [0.2, 0.25) is 0 Å².